The lowest BCUT2D eigenvalue weighted by Gasteiger charge is -2.13. The second kappa shape index (κ2) is 10.5. The third kappa shape index (κ3) is 5.76. The monoisotopic (exact) mass is 558 g/mol. The van der Waals surface area contributed by atoms with E-state index in [0.29, 0.717) is 10.6 Å². The fraction of sp³-hybridized carbons (Fsp3) is 0.261. The number of aliphatic hydroxyl groups excluding tert-OH is 1. The summed E-state index contributed by atoms with van der Waals surface area (Å²) in [4.78, 5) is 30.5. The molecule has 0 amide bonds. The fourth-order valence-corrected chi connectivity index (χ4v) is 3.91. The van der Waals surface area contributed by atoms with Crippen LogP contribution in [0.15, 0.2) is 52.1 Å². The fourth-order valence-electron chi connectivity index (χ4n) is 3.63. The van der Waals surface area contributed by atoms with Gasteiger partial charge in [-0.05, 0) is 36.2 Å². The molecule has 14 heteroatoms. The SMILES string of the molecule is Cn1c(=O)n(CCCO)c(=O)c2c1nc(Oc1ccc(Cl)c(OC(F)(F)F)c1)n2Cc1ccc(Cl)cc1. The molecule has 0 aliphatic rings. The maximum Gasteiger partial charge on any atom is 0.573 e. The van der Waals surface area contributed by atoms with Gasteiger partial charge in [0.05, 0.1) is 11.6 Å². The maximum absolute atomic E-state index is 13.4. The second-order valence-electron chi connectivity index (χ2n) is 7.90. The number of imidazole rings is 1. The molecule has 0 saturated carbocycles. The van der Waals surface area contributed by atoms with Crippen LogP contribution in [0.1, 0.15) is 12.0 Å². The van der Waals surface area contributed by atoms with Gasteiger partial charge >= 0.3 is 18.1 Å². The van der Waals surface area contributed by atoms with Crippen LogP contribution in [0.2, 0.25) is 10.0 Å². The molecule has 2 aromatic heterocycles. The van der Waals surface area contributed by atoms with Crippen molar-refractivity contribution in [3.05, 3.63) is 78.9 Å². The molecule has 4 aromatic rings. The predicted molar refractivity (Wildman–Crippen MR) is 130 cm³/mol. The molecule has 0 fully saturated rings. The number of nitrogens with zero attached hydrogens (tertiary/aromatic N) is 4. The van der Waals surface area contributed by atoms with Crippen molar-refractivity contribution in [2.45, 2.75) is 25.9 Å². The van der Waals surface area contributed by atoms with Crippen LogP contribution in [0.25, 0.3) is 11.2 Å². The molecule has 0 aliphatic carbocycles. The predicted octanol–water partition coefficient (Wildman–Crippen LogP) is 4.33. The van der Waals surface area contributed by atoms with E-state index in [9.17, 15) is 27.9 Å². The van der Waals surface area contributed by atoms with E-state index in [0.717, 1.165) is 21.3 Å². The number of aromatic nitrogens is 4. The van der Waals surface area contributed by atoms with Crippen molar-refractivity contribution in [2.75, 3.05) is 6.61 Å². The quantitative estimate of drug-likeness (QED) is 0.345. The first-order chi connectivity index (χ1) is 17.5. The average molecular weight is 559 g/mol. The molecule has 0 radical (unpaired) electrons. The average Bonchev–Trinajstić information content (AvgIpc) is 3.18. The molecule has 2 heterocycles. The zero-order valence-corrected chi connectivity index (χ0v) is 20.6. The van der Waals surface area contributed by atoms with Crippen molar-refractivity contribution >= 4 is 34.4 Å². The van der Waals surface area contributed by atoms with Crippen LogP contribution in [-0.2, 0) is 20.1 Å². The summed E-state index contributed by atoms with van der Waals surface area (Å²) in [6.07, 6.45) is -4.82. The Morgan fingerprint density at radius 1 is 1.05 bits per heavy atom. The number of aryl methyl sites for hydroxylation is 1. The highest BCUT2D eigenvalue weighted by Crippen LogP contribution is 2.35. The Kier molecular flexibility index (Phi) is 7.53. The van der Waals surface area contributed by atoms with Crippen molar-refractivity contribution in [1.82, 2.24) is 18.7 Å². The van der Waals surface area contributed by atoms with E-state index in [4.69, 9.17) is 27.9 Å². The van der Waals surface area contributed by atoms with E-state index in [1.807, 2.05) is 0 Å². The largest absolute Gasteiger partial charge is 0.573 e. The molecular formula is C23H19Cl2F3N4O5. The summed E-state index contributed by atoms with van der Waals surface area (Å²) in [7, 11) is 1.42. The van der Waals surface area contributed by atoms with Crippen molar-refractivity contribution in [1.29, 1.82) is 0 Å². The van der Waals surface area contributed by atoms with E-state index in [1.54, 1.807) is 24.3 Å². The molecule has 9 nitrogen and oxygen atoms in total. The smallest absolute Gasteiger partial charge is 0.425 e. The van der Waals surface area contributed by atoms with Crippen molar-refractivity contribution in [2.24, 2.45) is 7.05 Å². The number of hydrogen-bond donors (Lipinski definition) is 1. The van der Waals surface area contributed by atoms with E-state index in [-0.39, 0.29) is 54.1 Å². The highest BCUT2D eigenvalue weighted by Gasteiger charge is 2.32. The van der Waals surface area contributed by atoms with Gasteiger partial charge in [-0.1, -0.05) is 35.3 Å². The molecule has 0 atom stereocenters. The summed E-state index contributed by atoms with van der Waals surface area (Å²) < 4.78 is 51.6. The van der Waals surface area contributed by atoms with Gasteiger partial charge in [-0.15, -0.1) is 13.2 Å². The molecule has 2 aromatic carbocycles. The molecule has 37 heavy (non-hydrogen) atoms. The summed E-state index contributed by atoms with van der Waals surface area (Å²) in [6, 6.07) is 9.93. The van der Waals surface area contributed by atoms with Crippen molar-refractivity contribution < 1.29 is 27.8 Å². The second-order valence-corrected chi connectivity index (χ2v) is 8.74. The van der Waals surface area contributed by atoms with Gasteiger partial charge in [-0.3, -0.25) is 18.5 Å². The van der Waals surface area contributed by atoms with Gasteiger partial charge in [0.1, 0.15) is 5.75 Å². The number of aliphatic hydroxyl groups is 1. The van der Waals surface area contributed by atoms with Crippen molar-refractivity contribution in [3.8, 4) is 17.5 Å². The lowest BCUT2D eigenvalue weighted by atomic mass is 10.2. The van der Waals surface area contributed by atoms with Crippen LogP contribution in [0.5, 0.6) is 17.5 Å². The Hall–Kier alpha value is -3.48. The molecule has 0 unspecified atom stereocenters. The number of halogens is 5. The minimum atomic E-state index is -4.98. The first-order valence-corrected chi connectivity index (χ1v) is 11.5. The van der Waals surface area contributed by atoms with E-state index in [2.05, 4.69) is 9.72 Å². The Morgan fingerprint density at radius 2 is 1.76 bits per heavy atom. The lowest BCUT2D eigenvalue weighted by Crippen LogP contribution is -2.39. The van der Waals surface area contributed by atoms with E-state index >= 15 is 0 Å². The van der Waals surface area contributed by atoms with Crippen LogP contribution >= 0.6 is 23.2 Å². The molecule has 1 N–H and O–H groups in total. The highest BCUT2D eigenvalue weighted by atomic mass is 35.5. The molecule has 196 valence electrons. The number of hydrogen-bond acceptors (Lipinski definition) is 6. The number of ether oxygens (including phenoxy) is 2. The highest BCUT2D eigenvalue weighted by molar-refractivity contribution is 6.32. The normalized spacial score (nSPS) is 11.8. The third-order valence-corrected chi connectivity index (χ3v) is 5.89. The molecular weight excluding hydrogens is 540 g/mol. The molecule has 0 saturated heterocycles. The van der Waals surface area contributed by atoms with Gasteiger partial charge in [0, 0.05) is 31.3 Å². The lowest BCUT2D eigenvalue weighted by molar-refractivity contribution is -0.274. The Morgan fingerprint density at radius 3 is 2.41 bits per heavy atom. The zero-order valence-electron chi connectivity index (χ0n) is 19.1. The summed E-state index contributed by atoms with van der Waals surface area (Å²) in [5.74, 6) is -0.798. The van der Waals surface area contributed by atoms with E-state index < -0.39 is 23.4 Å². The third-order valence-electron chi connectivity index (χ3n) is 5.33. The Labute approximate surface area is 216 Å². The molecule has 0 aliphatic heterocycles. The molecule has 0 bridgehead atoms. The zero-order chi connectivity index (χ0) is 26.9. The van der Waals surface area contributed by atoms with Gasteiger partial charge in [-0.2, -0.15) is 4.98 Å². The Balaban J connectivity index is 1.88. The summed E-state index contributed by atoms with van der Waals surface area (Å²) in [5, 5.41) is 9.37. The number of alkyl halides is 3. The van der Waals surface area contributed by atoms with Crippen LogP contribution in [0, 0.1) is 0 Å². The van der Waals surface area contributed by atoms with Crippen LogP contribution < -0.4 is 20.7 Å². The summed E-state index contributed by atoms with van der Waals surface area (Å²) in [5.41, 5.74) is -0.604. The van der Waals surface area contributed by atoms with Gasteiger partial charge in [0.15, 0.2) is 16.9 Å². The Bertz CT molecular complexity index is 1560. The number of benzene rings is 2. The maximum atomic E-state index is 13.4. The first kappa shape index (κ1) is 26.6. The van der Waals surface area contributed by atoms with Gasteiger partial charge in [-0.25, -0.2) is 4.79 Å². The van der Waals surface area contributed by atoms with E-state index in [1.165, 1.54) is 17.7 Å². The molecule has 0 spiro atoms. The standard InChI is InChI=1S/C23H19Cl2F3N4O5/c1-30-19-18(20(34)31(22(30)35)9-2-10-33)32(12-13-3-5-14(24)6-4-13)21(29-19)36-15-7-8-16(25)17(11-15)37-23(26,27)28/h3-8,11,33H,2,9-10,12H2,1H3. The summed E-state index contributed by atoms with van der Waals surface area (Å²) in [6.45, 7) is -0.212. The van der Waals surface area contributed by atoms with Gasteiger partial charge < -0.3 is 14.6 Å². The van der Waals surface area contributed by atoms with Crippen LogP contribution in [0.3, 0.4) is 0 Å². The van der Waals surface area contributed by atoms with Crippen LogP contribution in [-0.4, -0.2) is 36.8 Å². The topological polar surface area (TPSA) is 101 Å². The van der Waals surface area contributed by atoms with Gasteiger partial charge in [0.2, 0.25) is 0 Å². The minimum Gasteiger partial charge on any atom is -0.425 e. The summed E-state index contributed by atoms with van der Waals surface area (Å²) >= 11 is 11.8. The van der Waals surface area contributed by atoms with Crippen LogP contribution in [0.4, 0.5) is 13.2 Å². The first-order valence-electron chi connectivity index (χ1n) is 10.8. The molecule has 4 rings (SSSR count). The number of fused-ring (bicyclic) bond motifs is 1. The van der Waals surface area contributed by atoms with Crippen molar-refractivity contribution in [3.63, 3.8) is 0 Å². The minimum absolute atomic E-state index is 0.0000551. The number of rotatable bonds is 8. The van der Waals surface area contributed by atoms with Gasteiger partial charge in [0.25, 0.3) is 5.56 Å².